The van der Waals surface area contributed by atoms with Gasteiger partial charge in [-0.15, -0.1) is 11.8 Å². The molecule has 0 saturated heterocycles. The lowest BCUT2D eigenvalue weighted by Crippen LogP contribution is -1.96. The molecule has 17 heavy (non-hydrogen) atoms. The molecule has 0 radical (unpaired) electrons. The first kappa shape index (κ1) is 13.9. The molecule has 1 heterocycles. The molecule has 0 aromatic carbocycles. The molecule has 0 fully saturated rings. The molecular weight excluding hydrogens is 258 g/mol. The van der Waals surface area contributed by atoms with E-state index in [4.69, 9.17) is 5.73 Å². The van der Waals surface area contributed by atoms with Crippen molar-refractivity contribution >= 4 is 35.3 Å². The van der Waals surface area contributed by atoms with Crippen molar-refractivity contribution in [1.82, 2.24) is 9.97 Å². The van der Waals surface area contributed by atoms with Crippen LogP contribution in [0.4, 0.5) is 5.82 Å². The molecule has 2 N–H and O–H groups in total. The lowest BCUT2D eigenvalue weighted by molar-refractivity contribution is -0.134. The Morgan fingerprint density at radius 2 is 2.35 bits per heavy atom. The summed E-state index contributed by atoms with van der Waals surface area (Å²) >= 11 is 2.91. The first-order chi connectivity index (χ1) is 8.15. The number of methoxy groups -OCH3 is 1. The summed E-state index contributed by atoms with van der Waals surface area (Å²) in [4.78, 5) is 19.2. The molecule has 0 atom stereocenters. The van der Waals surface area contributed by atoms with E-state index in [0.29, 0.717) is 16.7 Å². The summed E-state index contributed by atoms with van der Waals surface area (Å²) in [5.74, 6) is 0.666. The van der Waals surface area contributed by atoms with Gasteiger partial charge in [0.05, 0.1) is 7.11 Å². The number of nitrogens with zero attached hydrogens (tertiary/aromatic N) is 2. The van der Waals surface area contributed by atoms with Crippen molar-refractivity contribution < 1.29 is 9.53 Å². The van der Waals surface area contributed by atoms with Crippen molar-refractivity contribution in [2.75, 3.05) is 24.9 Å². The molecule has 92 valence electrons. The van der Waals surface area contributed by atoms with E-state index in [-0.39, 0.29) is 5.97 Å². The molecule has 1 aromatic heterocycles. The summed E-state index contributed by atoms with van der Waals surface area (Å²) in [5.41, 5.74) is 5.64. The highest BCUT2D eigenvalue weighted by atomic mass is 32.2. The zero-order chi connectivity index (χ0) is 12.7. The Morgan fingerprint density at radius 1 is 1.59 bits per heavy atom. The summed E-state index contributed by atoms with van der Waals surface area (Å²) in [7, 11) is 1.34. The molecule has 0 aliphatic rings. The van der Waals surface area contributed by atoms with Crippen LogP contribution >= 0.6 is 23.5 Å². The van der Waals surface area contributed by atoms with Gasteiger partial charge in [0.25, 0.3) is 0 Å². The third-order valence-corrected chi connectivity index (χ3v) is 3.10. The van der Waals surface area contributed by atoms with Crippen LogP contribution in [0, 0.1) is 0 Å². The Morgan fingerprint density at radius 3 is 3.00 bits per heavy atom. The summed E-state index contributed by atoms with van der Waals surface area (Å²) in [5, 5.41) is 1.43. The molecule has 0 spiro atoms. The number of nitrogens with two attached hydrogens (primary N) is 1. The predicted octanol–water partition coefficient (Wildman–Crippen LogP) is 1.60. The Hall–Kier alpha value is -1.21. The fraction of sp³-hybridized carbons (Fsp3) is 0.300. The summed E-state index contributed by atoms with van der Waals surface area (Å²) in [6.07, 6.45) is 4.99. The van der Waals surface area contributed by atoms with Crippen LogP contribution in [0.5, 0.6) is 0 Å². The molecule has 0 aliphatic carbocycles. The van der Waals surface area contributed by atoms with Gasteiger partial charge in [-0.3, -0.25) is 0 Å². The topological polar surface area (TPSA) is 78.1 Å². The third-order valence-electron chi connectivity index (χ3n) is 1.67. The summed E-state index contributed by atoms with van der Waals surface area (Å²) in [6, 6.07) is 1.72. The number of ether oxygens (including phenoxy) is 1. The Kier molecular flexibility index (Phi) is 5.85. The average molecular weight is 271 g/mol. The normalized spacial score (nSPS) is 10.7. The van der Waals surface area contributed by atoms with Crippen LogP contribution in [0.1, 0.15) is 0 Å². The largest absolute Gasteiger partial charge is 0.466 e. The number of carbonyl (C=O) groups is 1. The Bertz CT molecular complexity index is 424. The van der Waals surface area contributed by atoms with E-state index in [1.54, 1.807) is 12.1 Å². The molecule has 0 bridgehead atoms. The fourth-order valence-corrected chi connectivity index (χ4v) is 2.07. The summed E-state index contributed by atoms with van der Waals surface area (Å²) in [6.45, 7) is 0. The smallest absolute Gasteiger partial charge is 0.330 e. The number of carbonyl (C=O) groups excluding carboxylic acids is 1. The van der Waals surface area contributed by atoms with Crippen LogP contribution in [-0.4, -0.2) is 35.1 Å². The van der Waals surface area contributed by atoms with Crippen LogP contribution in [0.2, 0.25) is 0 Å². The van der Waals surface area contributed by atoms with Crippen molar-refractivity contribution in [2.45, 2.75) is 10.2 Å². The monoisotopic (exact) mass is 271 g/mol. The number of rotatable bonds is 5. The van der Waals surface area contributed by atoms with Gasteiger partial charge < -0.3 is 10.5 Å². The number of esters is 1. The van der Waals surface area contributed by atoms with Crippen molar-refractivity contribution in [1.29, 1.82) is 0 Å². The van der Waals surface area contributed by atoms with Gasteiger partial charge in [-0.1, -0.05) is 17.8 Å². The van der Waals surface area contributed by atoms with Gasteiger partial charge in [0.2, 0.25) is 0 Å². The zero-order valence-electron chi connectivity index (χ0n) is 9.54. The van der Waals surface area contributed by atoms with E-state index < -0.39 is 0 Å². The minimum atomic E-state index is -0.371. The highest BCUT2D eigenvalue weighted by molar-refractivity contribution is 7.99. The molecule has 0 aliphatic heterocycles. The Balaban J connectivity index is 2.54. The van der Waals surface area contributed by atoms with Crippen molar-refractivity contribution in [3.8, 4) is 0 Å². The Labute approximate surface area is 108 Å². The van der Waals surface area contributed by atoms with E-state index >= 15 is 0 Å². The fourth-order valence-electron chi connectivity index (χ4n) is 0.925. The maximum absolute atomic E-state index is 10.8. The molecule has 5 nitrogen and oxygen atoms in total. The van der Waals surface area contributed by atoms with Gasteiger partial charge in [-0.25, -0.2) is 14.8 Å². The average Bonchev–Trinajstić information content (AvgIpc) is 2.33. The van der Waals surface area contributed by atoms with Crippen LogP contribution in [0.25, 0.3) is 0 Å². The number of hydrogen-bond donors (Lipinski definition) is 1. The minimum Gasteiger partial charge on any atom is -0.466 e. The summed E-state index contributed by atoms with van der Waals surface area (Å²) < 4.78 is 4.47. The quantitative estimate of drug-likeness (QED) is 0.286. The number of nitrogen functional groups attached to an aromatic ring is 1. The first-order valence-electron chi connectivity index (χ1n) is 4.71. The molecule has 1 rings (SSSR count). The van der Waals surface area contributed by atoms with Gasteiger partial charge >= 0.3 is 5.97 Å². The number of thioether (sulfide) groups is 2. The molecule has 7 heteroatoms. The maximum Gasteiger partial charge on any atom is 0.330 e. The van der Waals surface area contributed by atoms with Crippen LogP contribution in [0.15, 0.2) is 28.4 Å². The number of anilines is 1. The number of hydrogen-bond acceptors (Lipinski definition) is 7. The van der Waals surface area contributed by atoms with Crippen molar-refractivity contribution in [3.63, 3.8) is 0 Å². The van der Waals surface area contributed by atoms with Gasteiger partial charge in [-0.2, -0.15) is 0 Å². The van der Waals surface area contributed by atoms with E-state index in [0.717, 1.165) is 5.03 Å². The van der Waals surface area contributed by atoms with Crippen molar-refractivity contribution in [2.24, 2.45) is 0 Å². The standard InChI is InChI=1S/C10H13N3O2S2/c1-15-9(14)4-3-5-17-10-12-7(11)6-8(13-10)16-2/h3-4,6H,5H2,1-2H3,(H2,11,12,13)/b4-3+. The predicted molar refractivity (Wildman–Crippen MR) is 70.1 cm³/mol. The molecule has 0 unspecified atom stereocenters. The van der Waals surface area contributed by atoms with Gasteiger partial charge in [0.15, 0.2) is 5.16 Å². The minimum absolute atomic E-state index is 0.371. The second kappa shape index (κ2) is 7.18. The van der Waals surface area contributed by atoms with Gasteiger partial charge in [-0.05, 0) is 6.26 Å². The second-order valence-corrected chi connectivity index (χ2v) is 4.67. The highest BCUT2D eigenvalue weighted by Crippen LogP contribution is 2.20. The van der Waals surface area contributed by atoms with E-state index in [1.807, 2.05) is 6.26 Å². The number of aromatic nitrogens is 2. The molecule has 1 aromatic rings. The third kappa shape index (κ3) is 5.10. The molecule has 0 amide bonds. The second-order valence-electron chi connectivity index (χ2n) is 2.85. The van der Waals surface area contributed by atoms with Gasteiger partial charge in [0, 0.05) is 17.9 Å². The van der Waals surface area contributed by atoms with Crippen molar-refractivity contribution in [3.05, 3.63) is 18.2 Å². The first-order valence-corrected chi connectivity index (χ1v) is 6.92. The maximum atomic E-state index is 10.8. The van der Waals surface area contributed by atoms with Gasteiger partial charge in [0.1, 0.15) is 10.8 Å². The van der Waals surface area contributed by atoms with Crippen LogP contribution < -0.4 is 5.73 Å². The van der Waals surface area contributed by atoms with E-state index in [2.05, 4.69) is 14.7 Å². The lowest BCUT2D eigenvalue weighted by atomic mass is 10.5. The molecule has 0 saturated carbocycles. The highest BCUT2D eigenvalue weighted by Gasteiger charge is 2.01. The zero-order valence-corrected chi connectivity index (χ0v) is 11.2. The van der Waals surface area contributed by atoms with Crippen LogP contribution in [0.3, 0.4) is 0 Å². The SMILES string of the molecule is COC(=O)/C=C/CSc1nc(N)cc(SC)n1. The molecular formula is C10H13N3O2S2. The lowest BCUT2D eigenvalue weighted by Gasteiger charge is -2.01. The van der Waals surface area contributed by atoms with Crippen LogP contribution in [-0.2, 0) is 9.53 Å². The van der Waals surface area contributed by atoms with E-state index in [1.165, 1.54) is 36.7 Å². The van der Waals surface area contributed by atoms with E-state index in [9.17, 15) is 4.79 Å².